The first kappa shape index (κ1) is 21.0. The lowest BCUT2D eigenvalue weighted by Crippen LogP contribution is -2.37. The van der Waals surface area contributed by atoms with Gasteiger partial charge in [0, 0.05) is 30.4 Å². The Morgan fingerprint density at radius 2 is 2.14 bits per heavy atom. The predicted octanol–water partition coefficient (Wildman–Crippen LogP) is 2.14. The molecule has 1 aliphatic heterocycles. The predicted molar refractivity (Wildman–Crippen MR) is 111 cm³/mol. The number of dihydropyridines is 1. The van der Waals surface area contributed by atoms with E-state index in [1.165, 1.54) is 6.21 Å². The number of nitrogens with two attached hydrogens (primary N) is 2. The number of aliphatic imine (C=N–C) groups is 1. The van der Waals surface area contributed by atoms with Crippen molar-refractivity contribution in [2.24, 2.45) is 22.4 Å². The van der Waals surface area contributed by atoms with Crippen molar-refractivity contribution in [2.75, 3.05) is 7.05 Å². The normalized spacial score (nSPS) is 25.5. The molecule has 5 N–H and O–H groups in total. The lowest BCUT2D eigenvalue weighted by atomic mass is 9.78. The maximum absolute atomic E-state index is 13.1. The smallest absolute Gasteiger partial charge is 0.256 e. The summed E-state index contributed by atoms with van der Waals surface area (Å²) in [4.78, 5) is 20.1. The Kier molecular flexibility index (Phi) is 6.64. The van der Waals surface area contributed by atoms with Crippen molar-refractivity contribution in [3.8, 4) is 0 Å². The minimum atomic E-state index is -1.19. The summed E-state index contributed by atoms with van der Waals surface area (Å²) in [7, 11) is 1.95. The molecule has 3 rings (SSSR count). The van der Waals surface area contributed by atoms with Gasteiger partial charge in [0.05, 0.1) is 5.69 Å². The highest BCUT2D eigenvalue weighted by atomic mass is 19.1. The number of nitrogens with zero attached hydrogens (tertiary/aromatic N) is 2. The number of carbonyl (C=O) groups excluding carboxylic acids is 1. The fraction of sp³-hybridized carbons (Fsp3) is 0.476. The molecule has 0 radical (unpaired) electrons. The largest absolute Gasteiger partial charge is 0.475 e. The van der Waals surface area contributed by atoms with Crippen molar-refractivity contribution in [1.29, 1.82) is 0 Å². The first-order valence-electron chi connectivity index (χ1n) is 9.85. The Hall–Kier alpha value is -2.74. The number of pyridine rings is 1. The SMILES string of the molecule is CN[C@@H](C)CC1CC(OC(N)=C(C(N)=O)c2ccc(C3=CCC(F)N=C3)cn2)C1. The third kappa shape index (κ3) is 5.20. The van der Waals surface area contributed by atoms with Gasteiger partial charge in [-0.1, -0.05) is 12.1 Å². The molecule has 29 heavy (non-hydrogen) atoms. The van der Waals surface area contributed by atoms with Gasteiger partial charge in [0.1, 0.15) is 11.7 Å². The molecule has 0 saturated heterocycles. The van der Waals surface area contributed by atoms with Crippen LogP contribution >= 0.6 is 0 Å². The summed E-state index contributed by atoms with van der Waals surface area (Å²) in [6.45, 7) is 2.15. The van der Waals surface area contributed by atoms with Crippen LogP contribution in [0.1, 0.15) is 43.9 Å². The van der Waals surface area contributed by atoms with Crippen molar-refractivity contribution in [2.45, 2.75) is 51.0 Å². The molecule has 8 heteroatoms. The number of allylic oxidation sites excluding steroid dienone is 1. The van der Waals surface area contributed by atoms with Crippen LogP contribution in [0.3, 0.4) is 0 Å². The summed E-state index contributed by atoms with van der Waals surface area (Å²) in [6.07, 6.45) is 6.72. The fourth-order valence-electron chi connectivity index (χ4n) is 3.60. The molecule has 2 atom stereocenters. The number of ether oxygens (including phenoxy) is 1. The summed E-state index contributed by atoms with van der Waals surface area (Å²) >= 11 is 0. The van der Waals surface area contributed by atoms with Crippen LogP contribution in [-0.4, -0.2) is 42.6 Å². The molecule has 1 unspecified atom stereocenters. The Morgan fingerprint density at radius 1 is 1.38 bits per heavy atom. The van der Waals surface area contributed by atoms with Crippen molar-refractivity contribution < 1.29 is 13.9 Å². The van der Waals surface area contributed by atoms with Gasteiger partial charge in [0.2, 0.25) is 0 Å². The number of rotatable bonds is 8. The maximum Gasteiger partial charge on any atom is 0.256 e. The molecule has 0 aromatic carbocycles. The Bertz CT molecular complexity index is 828. The molecule has 7 nitrogen and oxygen atoms in total. The van der Waals surface area contributed by atoms with Gasteiger partial charge in [-0.15, -0.1) is 0 Å². The third-order valence-corrected chi connectivity index (χ3v) is 5.42. The van der Waals surface area contributed by atoms with Gasteiger partial charge in [-0.25, -0.2) is 4.39 Å². The minimum absolute atomic E-state index is 0.00146. The molecule has 1 saturated carbocycles. The molecule has 1 aromatic heterocycles. The van der Waals surface area contributed by atoms with E-state index in [4.69, 9.17) is 16.2 Å². The molecule has 156 valence electrons. The second-order valence-corrected chi connectivity index (χ2v) is 7.65. The van der Waals surface area contributed by atoms with Gasteiger partial charge in [-0.2, -0.15) is 0 Å². The molecular formula is C21H28FN5O2. The van der Waals surface area contributed by atoms with E-state index in [2.05, 4.69) is 22.2 Å². The second-order valence-electron chi connectivity index (χ2n) is 7.65. The number of halogens is 1. The molecule has 1 amide bonds. The maximum atomic E-state index is 13.1. The van der Waals surface area contributed by atoms with Crippen LogP contribution in [0, 0.1) is 5.92 Å². The van der Waals surface area contributed by atoms with E-state index in [-0.39, 0.29) is 24.0 Å². The monoisotopic (exact) mass is 401 g/mol. The standard InChI is InChI=1S/C21H28FN5O2/c1-12(25-2)7-13-8-16(9-13)29-21(24)19(20(23)28)17-5-3-14(10-26-17)15-4-6-18(22)27-11-15/h3-5,10-13,16,18,25H,6-9,24H2,1-2H3,(H2,23,28)/t12-,13?,16?,18?/m0/s1. The van der Waals surface area contributed by atoms with Gasteiger partial charge < -0.3 is 21.5 Å². The number of aromatic nitrogens is 1. The Labute approximate surface area is 170 Å². The summed E-state index contributed by atoms with van der Waals surface area (Å²) in [6, 6.07) is 3.88. The summed E-state index contributed by atoms with van der Waals surface area (Å²) < 4.78 is 18.9. The zero-order valence-electron chi connectivity index (χ0n) is 16.8. The van der Waals surface area contributed by atoms with Crippen molar-refractivity contribution in [1.82, 2.24) is 10.3 Å². The number of nitrogens with one attached hydrogen (secondary N) is 1. The van der Waals surface area contributed by atoms with Gasteiger partial charge in [-0.05, 0) is 50.8 Å². The van der Waals surface area contributed by atoms with E-state index in [9.17, 15) is 9.18 Å². The minimum Gasteiger partial charge on any atom is -0.475 e. The first-order valence-corrected chi connectivity index (χ1v) is 9.85. The van der Waals surface area contributed by atoms with Crippen LogP contribution in [0.15, 0.2) is 35.3 Å². The van der Waals surface area contributed by atoms with Crippen LogP contribution in [0.25, 0.3) is 11.1 Å². The topological polar surface area (TPSA) is 116 Å². The highest BCUT2D eigenvalue weighted by Gasteiger charge is 2.32. The summed E-state index contributed by atoms with van der Waals surface area (Å²) in [5, 5.41) is 3.23. The highest BCUT2D eigenvalue weighted by Crippen LogP contribution is 2.35. The zero-order valence-corrected chi connectivity index (χ0v) is 16.8. The lowest BCUT2D eigenvalue weighted by Gasteiger charge is -2.36. The fourth-order valence-corrected chi connectivity index (χ4v) is 3.60. The van der Waals surface area contributed by atoms with Crippen LogP contribution in [-0.2, 0) is 9.53 Å². The molecule has 0 spiro atoms. The van der Waals surface area contributed by atoms with E-state index >= 15 is 0 Å². The second kappa shape index (κ2) is 9.17. The summed E-state index contributed by atoms with van der Waals surface area (Å²) in [5.41, 5.74) is 13.6. The van der Waals surface area contributed by atoms with Crippen molar-refractivity contribution in [3.63, 3.8) is 0 Å². The van der Waals surface area contributed by atoms with Crippen LogP contribution in [0.4, 0.5) is 4.39 Å². The third-order valence-electron chi connectivity index (χ3n) is 5.42. The molecule has 1 aromatic rings. The number of amides is 1. The Morgan fingerprint density at radius 3 is 2.69 bits per heavy atom. The van der Waals surface area contributed by atoms with E-state index in [1.807, 2.05) is 7.05 Å². The number of alkyl halides is 1. The van der Waals surface area contributed by atoms with Crippen molar-refractivity contribution in [3.05, 3.63) is 41.5 Å². The molecule has 2 heterocycles. The average molecular weight is 401 g/mol. The Balaban J connectivity index is 1.67. The van der Waals surface area contributed by atoms with Gasteiger partial charge >= 0.3 is 0 Å². The van der Waals surface area contributed by atoms with Crippen LogP contribution in [0.5, 0.6) is 0 Å². The van der Waals surface area contributed by atoms with Crippen LogP contribution < -0.4 is 16.8 Å². The van der Waals surface area contributed by atoms with Gasteiger partial charge in [0.15, 0.2) is 12.2 Å². The van der Waals surface area contributed by atoms with E-state index < -0.39 is 12.2 Å². The van der Waals surface area contributed by atoms with Crippen LogP contribution in [0.2, 0.25) is 0 Å². The van der Waals surface area contributed by atoms with Gasteiger partial charge in [-0.3, -0.25) is 14.8 Å². The quantitative estimate of drug-likeness (QED) is 0.351. The average Bonchev–Trinajstić information content (AvgIpc) is 2.67. The molecule has 0 bridgehead atoms. The van der Waals surface area contributed by atoms with E-state index in [1.54, 1.807) is 24.4 Å². The molecule has 1 fully saturated rings. The molecular weight excluding hydrogens is 373 g/mol. The first-order chi connectivity index (χ1) is 13.9. The summed E-state index contributed by atoms with van der Waals surface area (Å²) in [5.74, 6) is -0.109. The number of carbonyl (C=O) groups is 1. The lowest BCUT2D eigenvalue weighted by molar-refractivity contribution is -0.113. The van der Waals surface area contributed by atoms with E-state index in [0.29, 0.717) is 17.7 Å². The number of hydrogen-bond acceptors (Lipinski definition) is 6. The highest BCUT2D eigenvalue weighted by molar-refractivity contribution is 6.18. The molecule has 1 aliphatic carbocycles. The zero-order chi connectivity index (χ0) is 21.0. The van der Waals surface area contributed by atoms with Crippen molar-refractivity contribution >= 4 is 23.3 Å². The van der Waals surface area contributed by atoms with E-state index in [0.717, 1.165) is 30.4 Å². The number of primary amides is 1. The number of hydrogen-bond donors (Lipinski definition) is 3. The molecule has 2 aliphatic rings. The van der Waals surface area contributed by atoms with Gasteiger partial charge in [0.25, 0.3) is 5.91 Å².